The number of halogens is 1. The first-order valence-electron chi connectivity index (χ1n) is 11.8. The maximum absolute atomic E-state index is 14.4. The number of benzene rings is 2. The van der Waals surface area contributed by atoms with E-state index < -0.39 is 0 Å². The maximum atomic E-state index is 14.4. The van der Waals surface area contributed by atoms with Crippen molar-refractivity contribution in [3.05, 3.63) is 83.1 Å². The second-order valence-electron chi connectivity index (χ2n) is 8.81. The SMILES string of the molecule is COc1ccccc1NC(=O)N1CCN(C(=O)c2cc3ccsc3n2Cc2ccccc2F)CC1C. The second-order valence-corrected chi connectivity index (χ2v) is 9.71. The van der Waals surface area contributed by atoms with E-state index in [1.54, 1.807) is 47.2 Å². The fraction of sp³-hybridized carbons (Fsp3) is 0.259. The number of ether oxygens (including phenoxy) is 1. The summed E-state index contributed by atoms with van der Waals surface area (Å²) in [4.78, 5) is 31.1. The van der Waals surface area contributed by atoms with Crippen molar-refractivity contribution >= 4 is 39.2 Å². The molecule has 9 heteroatoms. The summed E-state index contributed by atoms with van der Waals surface area (Å²) >= 11 is 1.53. The van der Waals surface area contributed by atoms with E-state index in [0.29, 0.717) is 42.3 Å². The van der Waals surface area contributed by atoms with Crippen LogP contribution in [-0.2, 0) is 6.54 Å². The summed E-state index contributed by atoms with van der Waals surface area (Å²) in [6.45, 7) is 3.40. The number of anilines is 1. The summed E-state index contributed by atoms with van der Waals surface area (Å²) in [5.41, 5.74) is 1.66. The number of fused-ring (bicyclic) bond motifs is 1. The minimum Gasteiger partial charge on any atom is -0.495 e. The Labute approximate surface area is 212 Å². The second kappa shape index (κ2) is 10.0. The van der Waals surface area contributed by atoms with Crippen LogP contribution >= 0.6 is 11.3 Å². The molecule has 0 spiro atoms. The van der Waals surface area contributed by atoms with Gasteiger partial charge in [0.05, 0.1) is 19.3 Å². The third kappa shape index (κ3) is 4.54. The summed E-state index contributed by atoms with van der Waals surface area (Å²) in [6.07, 6.45) is 0. The molecule has 0 aliphatic carbocycles. The lowest BCUT2D eigenvalue weighted by Gasteiger charge is -2.39. The van der Waals surface area contributed by atoms with Crippen LogP contribution in [0.3, 0.4) is 0 Å². The first-order valence-corrected chi connectivity index (χ1v) is 12.6. The van der Waals surface area contributed by atoms with Gasteiger partial charge in [0.15, 0.2) is 0 Å². The zero-order valence-electron chi connectivity index (χ0n) is 20.1. The van der Waals surface area contributed by atoms with Gasteiger partial charge in [0.1, 0.15) is 22.1 Å². The molecule has 3 heterocycles. The van der Waals surface area contributed by atoms with E-state index in [9.17, 15) is 14.0 Å². The minimum absolute atomic E-state index is 0.119. The molecule has 1 atom stereocenters. The Morgan fingerprint density at radius 2 is 1.89 bits per heavy atom. The first kappa shape index (κ1) is 23.9. The molecule has 0 bridgehead atoms. The number of thiophene rings is 1. The summed E-state index contributed by atoms with van der Waals surface area (Å²) in [7, 11) is 1.56. The van der Waals surface area contributed by atoms with Gasteiger partial charge in [-0.25, -0.2) is 9.18 Å². The van der Waals surface area contributed by atoms with Crippen molar-refractivity contribution in [1.82, 2.24) is 14.4 Å². The lowest BCUT2D eigenvalue weighted by atomic mass is 10.1. The molecule has 1 unspecified atom stereocenters. The number of rotatable bonds is 5. The number of hydrogen-bond acceptors (Lipinski definition) is 4. The number of hydrogen-bond donors (Lipinski definition) is 1. The number of nitrogens with zero attached hydrogens (tertiary/aromatic N) is 3. The molecule has 1 saturated heterocycles. The number of carbonyl (C=O) groups excluding carboxylic acids is 2. The van der Waals surface area contributed by atoms with Crippen LogP contribution in [0.2, 0.25) is 0 Å². The molecule has 1 aliphatic rings. The lowest BCUT2D eigenvalue weighted by molar-refractivity contribution is 0.0583. The highest BCUT2D eigenvalue weighted by atomic mass is 32.1. The number of amides is 3. The summed E-state index contributed by atoms with van der Waals surface area (Å²) in [5.74, 6) is 0.173. The van der Waals surface area contributed by atoms with Crippen molar-refractivity contribution in [2.24, 2.45) is 0 Å². The van der Waals surface area contributed by atoms with Gasteiger partial charge in [0.25, 0.3) is 5.91 Å². The van der Waals surface area contributed by atoms with Gasteiger partial charge in [-0.2, -0.15) is 0 Å². The van der Waals surface area contributed by atoms with Crippen LogP contribution in [0.1, 0.15) is 23.0 Å². The van der Waals surface area contributed by atoms with Crippen LogP contribution in [0.15, 0.2) is 66.0 Å². The molecule has 0 radical (unpaired) electrons. The third-order valence-electron chi connectivity index (χ3n) is 6.53. The predicted molar refractivity (Wildman–Crippen MR) is 139 cm³/mol. The monoisotopic (exact) mass is 506 g/mol. The summed E-state index contributed by atoms with van der Waals surface area (Å²) in [5, 5.41) is 5.84. The molecule has 1 aliphatic heterocycles. The number of nitrogens with one attached hydrogen (secondary N) is 1. The summed E-state index contributed by atoms with van der Waals surface area (Å²) < 4.78 is 21.6. The Kier molecular flexibility index (Phi) is 6.65. The Hall–Kier alpha value is -3.85. The highest BCUT2D eigenvalue weighted by Gasteiger charge is 2.32. The van der Waals surface area contributed by atoms with Crippen molar-refractivity contribution in [2.75, 3.05) is 32.1 Å². The van der Waals surface area contributed by atoms with Crippen LogP contribution in [0.4, 0.5) is 14.9 Å². The number of aromatic nitrogens is 1. The quantitative estimate of drug-likeness (QED) is 0.401. The van der Waals surface area contributed by atoms with E-state index >= 15 is 0 Å². The Balaban J connectivity index is 1.32. The van der Waals surface area contributed by atoms with Crippen molar-refractivity contribution in [1.29, 1.82) is 0 Å². The Bertz CT molecular complexity index is 1420. The zero-order valence-corrected chi connectivity index (χ0v) is 20.9. The average molecular weight is 507 g/mol. The van der Waals surface area contributed by atoms with E-state index in [1.807, 2.05) is 41.1 Å². The molecule has 1 fully saturated rings. The highest BCUT2D eigenvalue weighted by molar-refractivity contribution is 7.16. The van der Waals surface area contributed by atoms with Gasteiger partial charge in [-0.05, 0) is 42.6 Å². The molecule has 5 rings (SSSR count). The normalized spacial score (nSPS) is 15.8. The highest BCUT2D eigenvalue weighted by Crippen LogP contribution is 2.29. The topological polar surface area (TPSA) is 66.8 Å². The van der Waals surface area contributed by atoms with Crippen molar-refractivity contribution in [2.45, 2.75) is 19.5 Å². The fourth-order valence-electron chi connectivity index (χ4n) is 4.65. The van der Waals surface area contributed by atoms with Gasteiger partial charge in [-0.3, -0.25) is 4.79 Å². The van der Waals surface area contributed by atoms with Crippen LogP contribution in [0.25, 0.3) is 10.2 Å². The molecule has 186 valence electrons. The predicted octanol–water partition coefficient (Wildman–Crippen LogP) is 5.28. The van der Waals surface area contributed by atoms with Gasteiger partial charge >= 0.3 is 6.03 Å². The number of para-hydroxylation sites is 2. The van der Waals surface area contributed by atoms with Crippen molar-refractivity contribution in [3.8, 4) is 5.75 Å². The molecule has 36 heavy (non-hydrogen) atoms. The van der Waals surface area contributed by atoms with Gasteiger partial charge in [-0.1, -0.05) is 30.3 Å². The van der Waals surface area contributed by atoms with Crippen LogP contribution < -0.4 is 10.1 Å². The average Bonchev–Trinajstić information content (AvgIpc) is 3.47. The molecule has 0 saturated carbocycles. The van der Waals surface area contributed by atoms with Crippen LogP contribution in [-0.4, -0.2) is 59.1 Å². The van der Waals surface area contributed by atoms with E-state index in [-0.39, 0.29) is 30.3 Å². The molecular formula is C27H27FN4O3S. The number of carbonyl (C=O) groups is 2. The van der Waals surface area contributed by atoms with Crippen LogP contribution in [0, 0.1) is 5.82 Å². The number of methoxy groups -OCH3 is 1. The van der Waals surface area contributed by atoms with Crippen molar-refractivity contribution < 1.29 is 18.7 Å². The first-order chi connectivity index (χ1) is 17.5. The molecule has 4 aromatic rings. The van der Waals surface area contributed by atoms with Gasteiger partial charge < -0.3 is 24.4 Å². The van der Waals surface area contributed by atoms with E-state index in [4.69, 9.17) is 4.74 Å². The van der Waals surface area contributed by atoms with Gasteiger partial charge in [0.2, 0.25) is 0 Å². The largest absolute Gasteiger partial charge is 0.495 e. The minimum atomic E-state index is -0.294. The summed E-state index contributed by atoms with van der Waals surface area (Å²) in [6, 6.07) is 17.3. The Morgan fingerprint density at radius 3 is 2.67 bits per heavy atom. The van der Waals surface area contributed by atoms with Crippen molar-refractivity contribution in [3.63, 3.8) is 0 Å². The molecule has 2 aromatic heterocycles. The molecule has 3 amide bonds. The third-order valence-corrected chi connectivity index (χ3v) is 7.48. The van der Waals surface area contributed by atoms with E-state index in [0.717, 1.165) is 10.2 Å². The van der Waals surface area contributed by atoms with E-state index in [2.05, 4.69) is 5.32 Å². The van der Waals surface area contributed by atoms with E-state index in [1.165, 1.54) is 17.4 Å². The number of urea groups is 1. The molecule has 2 aromatic carbocycles. The lowest BCUT2D eigenvalue weighted by Crippen LogP contribution is -2.56. The maximum Gasteiger partial charge on any atom is 0.322 e. The molecular weight excluding hydrogens is 479 g/mol. The zero-order chi connectivity index (χ0) is 25.2. The van der Waals surface area contributed by atoms with Gasteiger partial charge in [0, 0.05) is 36.6 Å². The smallest absolute Gasteiger partial charge is 0.322 e. The standard InChI is InChI=1S/C27H27FN4O3S/c1-18-16-30(12-13-31(18)27(34)29-22-9-5-6-10-24(22)35-2)25(33)23-15-19-11-14-36-26(19)32(23)17-20-7-3-4-8-21(20)28/h3-11,14-15,18H,12-13,16-17H2,1-2H3,(H,29,34). The van der Waals surface area contributed by atoms with Crippen LogP contribution in [0.5, 0.6) is 5.75 Å². The molecule has 7 nitrogen and oxygen atoms in total. The molecule has 1 N–H and O–H groups in total. The fourth-order valence-corrected chi connectivity index (χ4v) is 5.54. The van der Waals surface area contributed by atoms with Gasteiger partial charge in [-0.15, -0.1) is 11.3 Å². The number of piperazine rings is 1. The Morgan fingerprint density at radius 1 is 1.11 bits per heavy atom.